The highest BCUT2D eigenvalue weighted by molar-refractivity contribution is 6.02. The number of benzene rings is 2. The predicted molar refractivity (Wildman–Crippen MR) is 83.2 cm³/mol. The summed E-state index contributed by atoms with van der Waals surface area (Å²) in [5.41, 5.74) is 8.32. The Bertz CT molecular complexity index is 688. The van der Waals surface area contributed by atoms with Gasteiger partial charge in [-0.05, 0) is 55.2 Å². The summed E-state index contributed by atoms with van der Waals surface area (Å²) >= 11 is 0. The van der Waals surface area contributed by atoms with Gasteiger partial charge in [0.1, 0.15) is 5.75 Å². The molecule has 0 spiro atoms. The van der Waals surface area contributed by atoms with E-state index in [9.17, 15) is 9.90 Å². The van der Waals surface area contributed by atoms with Crippen molar-refractivity contribution in [3.63, 3.8) is 0 Å². The number of aryl methyl sites for hydroxylation is 1. The molecule has 0 unspecified atom stereocenters. The predicted octanol–water partition coefficient (Wildman–Crippen LogP) is 2.95. The van der Waals surface area contributed by atoms with Crippen molar-refractivity contribution in [2.45, 2.75) is 25.2 Å². The molecule has 3 rings (SSSR count). The van der Waals surface area contributed by atoms with E-state index in [-0.39, 0.29) is 11.7 Å². The lowest BCUT2D eigenvalue weighted by Gasteiger charge is -2.17. The van der Waals surface area contributed by atoms with Crippen molar-refractivity contribution in [2.24, 2.45) is 0 Å². The lowest BCUT2D eigenvalue weighted by atomic mass is 9.94. The molecule has 21 heavy (non-hydrogen) atoms. The van der Waals surface area contributed by atoms with Crippen LogP contribution in [-0.2, 0) is 10.2 Å². The number of anilines is 2. The van der Waals surface area contributed by atoms with Gasteiger partial charge in [-0.25, -0.2) is 0 Å². The van der Waals surface area contributed by atoms with Crippen LogP contribution in [0.3, 0.4) is 0 Å². The molecule has 0 aliphatic heterocycles. The number of aromatic hydroxyl groups is 1. The van der Waals surface area contributed by atoms with Crippen LogP contribution in [0.1, 0.15) is 24.0 Å². The van der Waals surface area contributed by atoms with Gasteiger partial charge in [-0.2, -0.15) is 0 Å². The third-order valence-electron chi connectivity index (χ3n) is 4.05. The van der Waals surface area contributed by atoms with Crippen LogP contribution >= 0.6 is 0 Å². The average Bonchev–Trinajstić information content (AvgIpc) is 3.25. The first kappa shape index (κ1) is 13.5. The Balaban J connectivity index is 1.85. The number of hydrogen-bond donors (Lipinski definition) is 3. The first-order valence-electron chi connectivity index (χ1n) is 6.98. The minimum Gasteiger partial charge on any atom is -0.506 e. The molecule has 1 aliphatic carbocycles. The Kier molecular flexibility index (Phi) is 3.09. The van der Waals surface area contributed by atoms with Crippen LogP contribution in [0.25, 0.3) is 0 Å². The summed E-state index contributed by atoms with van der Waals surface area (Å²) in [6, 6.07) is 12.6. The quantitative estimate of drug-likeness (QED) is 0.598. The van der Waals surface area contributed by atoms with Crippen molar-refractivity contribution in [1.82, 2.24) is 0 Å². The number of phenols is 1. The summed E-state index contributed by atoms with van der Waals surface area (Å²) < 4.78 is 0. The van der Waals surface area contributed by atoms with Gasteiger partial charge in [0.15, 0.2) is 0 Å². The summed E-state index contributed by atoms with van der Waals surface area (Å²) in [6.07, 6.45) is 1.63. The van der Waals surface area contributed by atoms with Crippen LogP contribution in [0.15, 0.2) is 42.5 Å². The van der Waals surface area contributed by atoms with E-state index in [2.05, 4.69) is 5.32 Å². The van der Waals surface area contributed by atoms with Gasteiger partial charge in [-0.3, -0.25) is 4.79 Å². The van der Waals surface area contributed by atoms with Crippen molar-refractivity contribution in [3.05, 3.63) is 53.6 Å². The lowest BCUT2D eigenvalue weighted by Crippen LogP contribution is -2.27. The third kappa shape index (κ3) is 2.44. The van der Waals surface area contributed by atoms with Crippen molar-refractivity contribution in [1.29, 1.82) is 0 Å². The van der Waals surface area contributed by atoms with Crippen LogP contribution in [0.2, 0.25) is 0 Å². The maximum Gasteiger partial charge on any atom is 0.235 e. The molecule has 0 atom stereocenters. The molecule has 4 N–H and O–H groups in total. The molecule has 108 valence electrons. The molecule has 2 aromatic rings. The van der Waals surface area contributed by atoms with E-state index in [1.165, 1.54) is 0 Å². The second kappa shape index (κ2) is 4.81. The topological polar surface area (TPSA) is 75.3 Å². The zero-order chi connectivity index (χ0) is 15.0. The Morgan fingerprint density at radius 2 is 1.86 bits per heavy atom. The zero-order valence-corrected chi connectivity index (χ0v) is 11.9. The zero-order valence-electron chi connectivity index (χ0n) is 11.9. The van der Waals surface area contributed by atoms with E-state index in [1.807, 2.05) is 31.2 Å². The Labute approximate surface area is 123 Å². The van der Waals surface area contributed by atoms with Crippen molar-refractivity contribution >= 4 is 17.3 Å². The van der Waals surface area contributed by atoms with Crippen LogP contribution in [0.4, 0.5) is 11.4 Å². The minimum atomic E-state index is -0.482. The smallest absolute Gasteiger partial charge is 0.235 e. The molecular formula is C17H18N2O2. The number of carbonyl (C=O) groups is 1. The normalized spacial score (nSPS) is 15.5. The molecule has 1 amide bonds. The average molecular weight is 282 g/mol. The number of nitrogens with two attached hydrogens (primary N) is 1. The molecule has 1 saturated carbocycles. The largest absolute Gasteiger partial charge is 0.506 e. The SMILES string of the molecule is Cc1ccc(O)c(NC(=O)C2(c3ccc(N)cc3)CC2)c1. The molecule has 1 aliphatic rings. The molecule has 0 radical (unpaired) electrons. The van der Waals surface area contributed by atoms with E-state index in [4.69, 9.17) is 5.73 Å². The van der Waals surface area contributed by atoms with Crippen LogP contribution in [-0.4, -0.2) is 11.0 Å². The molecule has 0 heterocycles. The summed E-state index contributed by atoms with van der Waals surface area (Å²) in [4.78, 5) is 12.6. The Morgan fingerprint density at radius 1 is 1.19 bits per heavy atom. The van der Waals surface area contributed by atoms with Crippen LogP contribution < -0.4 is 11.1 Å². The van der Waals surface area contributed by atoms with Gasteiger partial charge in [0.2, 0.25) is 5.91 Å². The van der Waals surface area contributed by atoms with Gasteiger partial charge in [-0.1, -0.05) is 18.2 Å². The van der Waals surface area contributed by atoms with Crippen molar-refractivity contribution in [2.75, 3.05) is 11.1 Å². The summed E-state index contributed by atoms with van der Waals surface area (Å²) in [7, 11) is 0. The van der Waals surface area contributed by atoms with Gasteiger partial charge < -0.3 is 16.2 Å². The van der Waals surface area contributed by atoms with E-state index in [1.54, 1.807) is 18.2 Å². The van der Waals surface area contributed by atoms with E-state index in [0.717, 1.165) is 24.0 Å². The van der Waals surface area contributed by atoms with Gasteiger partial charge >= 0.3 is 0 Å². The number of hydrogen-bond acceptors (Lipinski definition) is 3. The molecular weight excluding hydrogens is 264 g/mol. The second-order valence-corrected chi connectivity index (χ2v) is 5.68. The number of nitrogens with one attached hydrogen (secondary N) is 1. The first-order valence-corrected chi connectivity index (χ1v) is 6.98. The maximum absolute atomic E-state index is 12.6. The number of nitrogen functional groups attached to an aromatic ring is 1. The van der Waals surface area contributed by atoms with E-state index < -0.39 is 5.41 Å². The number of phenolic OH excluding ortho intramolecular Hbond substituents is 1. The lowest BCUT2D eigenvalue weighted by molar-refractivity contribution is -0.118. The minimum absolute atomic E-state index is 0.0758. The van der Waals surface area contributed by atoms with E-state index in [0.29, 0.717) is 11.4 Å². The van der Waals surface area contributed by atoms with Crippen molar-refractivity contribution in [3.8, 4) is 5.75 Å². The molecule has 0 bridgehead atoms. The summed E-state index contributed by atoms with van der Waals surface area (Å²) in [5.74, 6) is 0.00947. The number of carbonyl (C=O) groups excluding carboxylic acids is 1. The third-order valence-corrected chi connectivity index (χ3v) is 4.05. The Hall–Kier alpha value is -2.49. The fourth-order valence-corrected chi connectivity index (χ4v) is 2.57. The first-order chi connectivity index (χ1) is 10.0. The molecule has 2 aromatic carbocycles. The molecule has 4 nitrogen and oxygen atoms in total. The number of amides is 1. The highest BCUT2D eigenvalue weighted by atomic mass is 16.3. The molecule has 0 saturated heterocycles. The summed E-state index contributed by atoms with van der Waals surface area (Å²) in [6.45, 7) is 1.92. The fraction of sp³-hybridized carbons (Fsp3) is 0.235. The maximum atomic E-state index is 12.6. The monoisotopic (exact) mass is 282 g/mol. The van der Waals surface area contributed by atoms with Gasteiger partial charge in [0.05, 0.1) is 11.1 Å². The number of rotatable bonds is 3. The van der Waals surface area contributed by atoms with E-state index >= 15 is 0 Å². The highest BCUT2D eigenvalue weighted by Crippen LogP contribution is 2.49. The van der Waals surface area contributed by atoms with Crippen LogP contribution in [0.5, 0.6) is 5.75 Å². The van der Waals surface area contributed by atoms with Crippen LogP contribution in [0, 0.1) is 6.92 Å². The Morgan fingerprint density at radius 3 is 2.48 bits per heavy atom. The van der Waals surface area contributed by atoms with Gasteiger partial charge in [-0.15, -0.1) is 0 Å². The van der Waals surface area contributed by atoms with Crippen molar-refractivity contribution < 1.29 is 9.90 Å². The molecule has 0 aromatic heterocycles. The van der Waals surface area contributed by atoms with Gasteiger partial charge in [0.25, 0.3) is 0 Å². The highest BCUT2D eigenvalue weighted by Gasteiger charge is 2.51. The second-order valence-electron chi connectivity index (χ2n) is 5.68. The molecule has 4 heteroatoms. The molecule has 1 fully saturated rings. The van der Waals surface area contributed by atoms with Gasteiger partial charge in [0, 0.05) is 5.69 Å². The fourth-order valence-electron chi connectivity index (χ4n) is 2.57. The summed E-state index contributed by atoms with van der Waals surface area (Å²) in [5, 5.41) is 12.7. The standard InChI is InChI=1S/C17H18N2O2/c1-11-2-7-15(20)14(10-11)19-16(21)17(8-9-17)12-3-5-13(18)6-4-12/h2-7,10,20H,8-9,18H2,1H3,(H,19,21).